The second-order valence-electron chi connectivity index (χ2n) is 10.2. The monoisotopic (exact) mass is 633 g/mol. The van der Waals surface area contributed by atoms with Crippen LogP contribution in [0, 0.1) is 0 Å². The smallest absolute Gasteiger partial charge is 0.291 e. The van der Waals surface area contributed by atoms with E-state index in [-0.39, 0.29) is 35.3 Å². The van der Waals surface area contributed by atoms with Crippen LogP contribution >= 0.6 is 15.9 Å². The van der Waals surface area contributed by atoms with E-state index in [0.717, 1.165) is 24.0 Å². The molecule has 0 spiro atoms. The molecule has 3 heterocycles. The molecular weight excluding hydrogens is 598 g/mol. The number of aromatic nitrogens is 2. The number of nitrogens with one attached hydrogen (secondary N) is 2. The fourth-order valence-electron chi connectivity index (χ4n) is 4.21. The fourth-order valence-corrected chi connectivity index (χ4v) is 5.68. The van der Waals surface area contributed by atoms with Gasteiger partial charge in [0.25, 0.3) is 11.9 Å². The highest BCUT2D eigenvalue weighted by Crippen LogP contribution is 2.34. The van der Waals surface area contributed by atoms with Crippen molar-refractivity contribution < 1.29 is 28.2 Å². The standard InChI is InChI=1S/C27H36BrN5O6Si/c1-7-21(33-12-14-37-15-13-33)29-27-31-25(35-2)23(26(32-27)36-3)30-24(34)19-10-11-22(38-19)39-20-16-17(40(4,5)6)8-9-18(20)28/h8-11,16,21H,7,12-15H2,1-6H3,(H,30,34)(H,29,31,32). The van der Waals surface area contributed by atoms with Crippen molar-refractivity contribution in [2.75, 3.05) is 51.2 Å². The first-order valence-corrected chi connectivity index (χ1v) is 17.4. The molecule has 4 rings (SSSR count). The SMILES string of the molecule is CCC(Nc1nc(OC)c(NC(=O)c2ccc(Oc3cc([Si](C)(C)C)ccc3Br)o2)c(OC)n1)N1CCOCC1. The van der Waals surface area contributed by atoms with E-state index in [1.54, 1.807) is 6.07 Å². The highest BCUT2D eigenvalue weighted by Gasteiger charge is 2.25. The number of benzene rings is 1. The van der Waals surface area contributed by atoms with E-state index in [1.165, 1.54) is 25.5 Å². The second kappa shape index (κ2) is 13.0. The summed E-state index contributed by atoms with van der Waals surface area (Å²) in [4.78, 5) is 24.3. The molecule has 0 aliphatic carbocycles. The number of anilines is 2. The zero-order valence-corrected chi connectivity index (χ0v) is 26.3. The molecule has 0 radical (unpaired) electrons. The van der Waals surface area contributed by atoms with Gasteiger partial charge < -0.3 is 34.0 Å². The van der Waals surface area contributed by atoms with Gasteiger partial charge in [0, 0.05) is 19.2 Å². The Morgan fingerprint density at radius 1 is 1.10 bits per heavy atom. The first-order valence-electron chi connectivity index (χ1n) is 13.1. The molecule has 0 saturated carbocycles. The van der Waals surface area contributed by atoms with Crippen LogP contribution in [0.2, 0.25) is 19.6 Å². The first kappa shape index (κ1) is 29.8. The van der Waals surface area contributed by atoms with Crippen LogP contribution in [0.3, 0.4) is 0 Å². The predicted octanol–water partition coefficient (Wildman–Crippen LogP) is 4.92. The van der Waals surface area contributed by atoms with Crippen LogP contribution in [-0.4, -0.2) is 75.5 Å². The van der Waals surface area contributed by atoms with Crippen molar-refractivity contribution in [1.82, 2.24) is 14.9 Å². The van der Waals surface area contributed by atoms with Crippen molar-refractivity contribution in [1.29, 1.82) is 0 Å². The van der Waals surface area contributed by atoms with Crippen LogP contribution in [0.25, 0.3) is 0 Å². The Morgan fingerprint density at radius 2 is 1.77 bits per heavy atom. The van der Waals surface area contributed by atoms with Gasteiger partial charge in [0.15, 0.2) is 11.4 Å². The molecule has 0 bridgehead atoms. The van der Waals surface area contributed by atoms with Crippen LogP contribution in [0.5, 0.6) is 23.5 Å². The molecule has 2 aromatic heterocycles. The van der Waals surface area contributed by atoms with Crippen LogP contribution in [0.1, 0.15) is 23.9 Å². The summed E-state index contributed by atoms with van der Waals surface area (Å²) in [7, 11) is 1.38. The third-order valence-corrected chi connectivity index (χ3v) is 9.15. The highest BCUT2D eigenvalue weighted by atomic mass is 79.9. The summed E-state index contributed by atoms with van der Waals surface area (Å²) in [6, 6.07) is 9.18. The first-order chi connectivity index (χ1) is 19.1. The lowest BCUT2D eigenvalue weighted by Crippen LogP contribution is -2.47. The molecule has 1 aromatic carbocycles. The van der Waals surface area contributed by atoms with Gasteiger partial charge in [-0.15, -0.1) is 0 Å². The van der Waals surface area contributed by atoms with Crippen LogP contribution in [0.4, 0.5) is 11.6 Å². The molecule has 1 aliphatic rings. The fraction of sp³-hybridized carbons (Fsp3) is 0.444. The lowest BCUT2D eigenvalue weighted by Gasteiger charge is -2.34. The normalized spacial score (nSPS) is 14.9. The lowest BCUT2D eigenvalue weighted by molar-refractivity contribution is 0.0212. The van der Waals surface area contributed by atoms with E-state index in [1.807, 2.05) is 12.1 Å². The molecule has 3 aromatic rings. The van der Waals surface area contributed by atoms with Gasteiger partial charge in [0.05, 0.1) is 46.1 Å². The number of carbonyl (C=O) groups excluding carboxylic acids is 1. The molecule has 1 saturated heterocycles. The Hall–Kier alpha value is -3.13. The predicted molar refractivity (Wildman–Crippen MR) is 159 cm³/mol. The van der Waals surface area contributed by atoms with E-state index in [2.05, 4.69) is 74.1 Å². The van der Waals surface area contributed by atoms with Crippen LogP contribution in [-0.2, 0) is 4.74 Å². The summed E-state index contributed by atoms with van der Waals surface area (Å²) in [5.74, 6) is 0.919. The molecule has 1 amide bonds. The Morgan fingerprint density at radius 3 is 2.38 bits per heavy atom. The second-order valence-corrected chi connectivity index (χ2v) is 16.2. The maximum absolute atomic E-state index is 13.1. The lowest BCUT2D eigenvalue weighted by atomic mass is 10.3. The quantitative estimate of drug-likeness (QED) is 0.281. The van der Waals surface area contributed by atoms with Gasteiger partial charge in [0.2, 0.25) is 17.7 Å². The maximum Gasteiger partial charge on any atom is 0.291 e. The van der Waals surface area contributed by atoms with Gasteiger partial charge in [-0.25, -0.2) is 0 Å². The summed E-state index contributed by atoms with van der Waals surface area (Å²) in [6.07, 6.45) is 0.834. The topological polar surface area (TPSA) is 120 Å². The molecule has 1 aliphatic heterocycles. The summed E-state index contributed by atoms with van der Waals surface area (Å²) < 4.78 is 28.9. The van der Waals surface area contributed by atoms with E-state index in [4.69, 9.17) is 23.4 Å². The van der Waals surface area contributed by atoms with Crippen molar-refractivity contribution in [3.8, 4) is 23.5 Å². The summed E-state index contributed by atoms with van der Waals surface area (Å²) in [5, 5.41) is 7.33. The van der Waals surface area contributed by atoms with Gasteiger partial charge in [-0.1, -0.05) is 37.8 Å². The zero-order chi connectivity index (χ0) is 28.9. The van der Waals surface area contributed by atoms with Crippen molar-refractivity contribution in [3.63, 3.8) is 0 Å². The number of furan rings is 1. The number of carbonyl (C=O) groups is 1. The van der Waals surface area contributed by atoms with Crippen LogP contribution in [0.15, 0.2) is 39.2 Å². The number of methoxy groups -OCH3 is 2. The van der Waals surface area contributed by atoms with E-state index in [9.17, 15) is 4.79 Å². The number of rotatable bonds is 11. The Balaban J connectivity index is 1.50. The Labute approximate surface area is 243 Å². The number of amides is 1. The van der Waals surface area contributed by atoms with Crippen molar-refractivity contribution >= 4 is 46.7 Å². The minimum atomic E-state index is -1.55. The number of nitrogens with zero attached hydrogens (tertiary/aromatic N) is 3. The van der Waals surface area contributed by atoms with Gasteiger partial charge >= 0.3 is 0 Å². The van der Waals surface area contributed by atoms with Crippen LogP contribution < -0.4 is 30.0 Å². The number of hydrogen-bond donors (Lipinski definition) is 2. The largest absolute Gasteiger partial charge is 0.479 e. The van der Waals surface area contributed by atoms with E-state index < -0.39 is 14.0 Å². The molecule has 2 N–H and O–H groups in total. The summed E-state index contributed by atoms with van der Waals surface area (Å²) in [6.45, 7) is 11.8. The molecular formula is C27H36BrN5O6Si. The van der Waals surface area contributed by atoms with E-state index in [0.29, 0.717) is 24.9 Å². The minimum absolute atomic E-state index is 0.00626. The van der Waals surface area contributed by atoms with E-state index >= 15 is 0 Å². The van der Waals surface area contributed by atoms with Crippen molar-refractivity contribution in [2.45, 2.75) is 39.2 Å². The average Bonchev–Trinajstić information content (AvgIpc) is 3.42. The molecule has 1 atom stereocenters. The van der Waals surface area contributed by atoms with Gasteiger partial charge in [-0.3, -0.25) is 9.69 Å². The van der Waals surface area contributed by atoms with Gasteiger partial charge in [-0.2, -0.15) is 9.97 Å². The highest BCUT2D eigenvalue weighted by molar-refractivity contribution is 9.10. The third kappa shape index (κ3) is 7.13. The maximum atomic E-state index is 13.1. The number of ether oxygens (including phenoxy) is 4. The number of hydrogen-bond acceptors (Lipinski definition) is 10. The molecule has 216 valence electrons. The molecule has 40 heavy (non-hydrogen) atoms. The van der Waals surface area contributed by atoms with Crippen molar-refractivity contribution in [3.05, 3.63) is 40.6 Å². The Kier molecular flexibility index (Phi) is 9.71. The van der Waals surface area contributed by atoms with Crippen molar-refractivity contribution in [2.24, 2.45) is 0 Å². The van der Waals surface area contributed by atoms with Gasteiger partial charge in [-0.05, 0) is 40.5 Å². The molecule has 1 unspecified atom stereocenters. The summed E-state index contributed by atoms with van der Waals surface area (Å²) in [5.41, 5.74) is 0.185. The molecule has 1 fully saturated rings. The number of halogens is 1. The van der Waals surface area contributed by atoms with Gasteiger partial charge in [0.1, 0.15) is 5.75 Å². The Bertz CT molecular complexity index is 1300. The summed E-state index contributed by atoms with van der Waals surface area (Å²) >= 11 is 3.53. The zero-order valence-electron chi connectivity index (χ0n) is 23.7. The average molecular weight is 635 g/mol. The molecule has 11 nitrogen and oxygen atoms in total. The molecule has 13 heteroatoms. The number of morpholine rings is 1. The third-order valence-electron chi connectivity index (χ3n) is 6.45. The minimum Gasteiger partial charge on any atom is -0.479 e.